The molecule has 2 nitrogen and oxygen atoms in total. The van der Waals surface area contributed by atoms with Crippen LogP contribution < -0.4 is 0 Å². The lowest BCUT2D eigenvalue weighted by Crippen LogP contribution is -1.96. The maximum Gasteiger partial charge on any atom is 0.200 e. The maximum atomic E-state index is 11.8. The molecule has 15 heavy (non-hydrogen) atoms. The van der Waals surface area contributed by atoms with Gasteiger partial charge in [0.05, 0.1) is 4.90 Å². The molecule has 80 valence electrons. The highest BCUT2D eigenvalue weighted by Gasteiger charge is 2.09. The number of benzene rings is 1. The lowest BCUT2D eigenvalue weighted by atomic mass is 10.2. The zero-order valence-electron chi connectivity index (χ0n) is 8.90. The number of allylic oxidation sites excluding steroid dienone is 2. The van der Waals surface area contributed by atoms with E-state index in [4.69, 9.17) is 0 Å². The molecule has 0 aliphatic carbocycles. The van der Waals surface area contributed by atoms with Gasteiger partial charge in [-0.15, -0.1) is 0 Å². The summed E-state index contributed by atoms with van der Waals surface area (Å²) in [7, 11) is -3.32. The van der Waals surface area contributed by atoms with E-state index in [2.05, 4.69) is 6.58 Å². The van der Waals surface area contributed by atoms with Crippen LogP contribution in [0.1, 0.15) is 12.5 Å². The molecule has 0 aliphatic heterocycles. The third-order valence-corrected chi connectivity index (χ3v) is 3.62. The molecule has 0 saturated carbocycles. The second kappa shape index (κ2) is 4.45. The zero-order valence-corrected chi connectivity index (χ0v) is 9.71. The summed E-state index contributed by atoms with van der Waals surface area (Å²) in [6, 6.07) is 6.78. The van der Waals surface area contributed by atoms with E-state index in [1.54, 1.807) is 31.2 Å². The van der Waals surface area contributed by atoms with Crippen LogP contribution in [0.5, 0.6) is 0 Å². The van der Waals surface area contributed by atoms with E-state index in [9.17, 15) is 8.42 Å². The molecule has 0 aromatic heterocycles. The normalized spacial score (nSPS) is 12.5. The molecule has 1 rings (SSSR count). The van der Waals surface area contributed by atoms with Gasteiger partial charge in [-0.2, -0.15) is 0 Å². The Bertz CT molecular complexity index is 479. The SMILES string of the molecule is C=C/C(C)=C/S(=O)(=O)c1ccc(C)cc1. The van der Waals surface area contributed by atoms with Crippen LogP contribution in [0.25, 0.3) is 0 Å². The van der Waals surface area contributed by atoms with Crippen LogP contribution in [0.15, 0.2) is 52.8 Å². The largest absolute Gasteiger partial charge is 0.219 e. The summed E-state index contributed by atoms with van der Waals surface area (Å²) in [5.41, 5.74) is 1.67. The van der Waals surface area contributed by atoms with Crippen LogP contribution in [0.2, 0.25) is 0 Å². The van der Waals surface area contributed by atoms with Crippen LogP contribution in [-0.2, 0) is 9.84 Å². The summed E-state index contributed by atoms with van der Waals surface area (Å²) in [6.07, 6.45) is 1.52. The molecule has 0 aliphatic rings. The standard InChI is InChI=1S/C12H14O2S/c1-4-10(2)9-15(13,14)12-7-5-11(3)6-8-12/h4-9H,1H2,2-3H3/b10-9+. The highest BCUT2D eigenvalue weighted by atomic mass is 32.2. The van der Waals surface area contributed by atoms with Crippen molar-refractivity contribution in [2.24, 2.45) is 0 Å². The van der Waals surface area contributed by atoms with Crippen LogP contribution in [0.4, 0.5) is 0 Å². The molecule has 1 aromatic carbocycles. The third kappa shape index (κ3) is 3.06. The first-order valence-corrected chi connectivity index (χ1v) is 6.13. The van der Waals surface area contributed by atoms with Crippen molar-refractivity contribution in [1.29, 1.82) is 0 Å². The van der Waals surface area contributed by atoms with Crippen molar-refractivity contribution < 1.29 is 8.42 Å². The van der Waals surface area contributed by atoms with Crippen LogP contribution in [0, 0.1) is 6.92 Å². The van der Waals surface area contributed by atoms with Gasteiger partial charge in [0.2, 0.25) is 0 Å². The lowest BCUT2D eigenvalue weighted by Gasteiger charge is -2.00. The summed E-state index contributed by atoms with van der Waals surface area (Å²) in [5.74, 6) is 0. The fraction of sp³-hybridized carbons (Fsp3) is 0.167. The topological polar surface area (TPSA) is 34.1 Å². The second-order valence-corrected chi connectivity index (χ2v) is 5.22. The molecule has 0 radical (unpaired) electrons. The van der Waals surface area contributed by atoms with Gasteiger partial charge in [-0.1, -0.05) is 30.4 Å². The van der Waals surface area contributed by atoms with E-state index in [0.29, 0.717) is 10.5 Å². The van der Waals surface area contributed by atoms with E-state index >= 15 is 0 Å². The fourth-order valence-corrected chi connectivity index (χ4v) is 2.33. The van der Waals surface area contributed by atoms with Crippen LogP contribution in [0.3, 0.4) is 0 Å². The second-order valence-electron chi connectivity index (χ2n) is 3.42. The van der Waals surface area contributed by atoms with Crippen molar-refractivity contribution >= 4 is 9.84 Å². The highest BCUT2D eigenvalue weighted by Crippen LogP contribution is 2.14. The predicted octanol–water partition coefficient (Wildman–Crippen LogP) is 2.86. The Morgan fingerprint density at radius 2 is 1.80 bits per heavy atom. The van der Waals surface area contributed by atoms with Crippen molar-refractivity contribution in [3.63, 3.8) is 0 Å². The number of sulfone groups is 1. The van der Waals surface area contributed by atoms with Crippen molar-refractivity contribution in [3.05, 3.63) is 53.5 Å². The number of aryl methyl sites for hydroxylation is 1. The van der Waals surface area contributed by atoms with Gasteiger partial charge in [-0.25, -0.2) is 8.42 Å². The molecule has 0 N–H and O–H groups in total. The highest BCUT2D eigenvalue weighted by molar-refractivity contribution is 7.94. The van der Waals surface area contributed by atoms with Gasteiger partial charge in [0.15, 0.2) is 9.84 Å². The van der Waals surface area contributed by atoms with Gasteiger partial charge in [0, 0.05) is 5.41 Å². The molecule has 0 unspecified atom stereocenters. The van der Waals surface area contributed by atoms with Gasteiger partial charge in [0.25, 0.3) is 0 Å². The monoisotopic (exact) mass is 222 g/mol. The maximum absolute atomic E-state index is 11.8. The van der Waals surface area contributed by atoms with E-state index in [0.717, 1.165) is 5.56 Å². The van der Waals surface area contributed by atoms with Crippen LogP contribution in [-0.4, -0.2) is 8.42 Å². The summed E-state index contributed by atoms with van der Waals surface area (Å²) >= 11 is 0. The summed E-state index contributed by atoms with van der Waals surface area (Å²) in [4.78, 5) is 0.314. The fourth-order valence-electron chi connectivity index (χ4n) is 1.09. The van der Waals surface area contributed by atoms with E-state index in [-0.39, 0.29) is 0 Å². The molecular weight excluding hydrogens is 208 g/mol. The van der Waals surface area contributed by atoms with Gasteiger partial charge in [0.1, 0.15) is 0 Å². The van der Waals surface area contributed by atoms with E-state index in [1.165, 1.54) is 11.5 Å². The van der Waals surface area contributed by atoms with Gasteiger partial charge in [-0.05, 0) is 31.6 Å². The first-order chi connectivity index (χ1) is 6.95. The minimum absolute atomic E-state index is 0.314. The Hall–Kier alpha value is -1.35. The number of hydrogen-bond acceptors (Lipinski definition) is 2. The van der Waals surface area contributed by atoms with Gasteiger partial charge in [-0.3, -0.25) is 0 Å². The van der Waals surface area contributed by atoms with Gasteiger partial charge < -0.3 is 0 Å². The first kappa shape index (κ1) is 11.7. The Labute approximate surface area is 90.9 Å². The molecule has 0 amide bonds. The van der Waals surface area contributed by atoms with Crippen molar-refractivity contribution in [3.8, 4) is 0 Å². The third-order valence-electron chi connectivity index (χ3n) is 2.01. The predicted molar refractivity (Wildman–Crippen MR) is 62.3 cm³/mol. The first-order valence-electron chi connectivity index (χ1n) is 4.58. The average Bonchev–Trinajstić information content (AvgIpc) is 2.17. The molecule has 0 heterocycles. The molecular formula is C12H14O2S. The zero-order chi connectivity index (χ0) is 11.5. The van der Waals surface area contributed by atoms with E-state index in [1.807, 2.05) is 6.92 Å². The average molecular weight is 222 g/mol. The Morgan fingerprint density at radius 3 is 2.27 bits per heavy atom. The summed E-state index contributed by atoms with van der Waals surface area (Å²) in [6.45, 7) is 7.14. The minimum Gasteiger partial charge on any atom is -0.219 e. The minimum atomic E-state index is -3.32. The molecule has 0 atom stereocenters. The lowest BCUT2D eigenvalue weighted by molar-refractivity contribution is 0.604. The Balaban J connectivity index is 3.18. The molecule has 0 saturated heterocycles. The number of hydrogen-bond donors (Lipinski definition) is 0. The quantitative estimate of drug-likeness (QED) is 0.737. The molecule has 0 spiro atoms. The Kier molecular flexibility index (Phi) is 3.48. The molecule has 1 aromatic rings. The number of rotatable bonds is 3. The summed E-state index contributed by atoms with van der Waals surface area (Å²) in [5, 5.41) is 1.23. The van der Waals surface area contributed by atoms with Crippen molar-refractivity contribution in [2.45, 2.75) is 18.7 Å². The van der Waals surface area contributed by atoms with Crippen molar-refractivity contribution in [1.82, 2.24) is 0 Å². The molecule has 3 heteroatoms. The van der Waals surface area contributed by atoms with E-state index < -0.39 is 9.84 Å². The molecule has 0 bridgehead atoms. The van der Waals surface area contributed by atoms with Gasteiger partial charge >= 0.3 is 0 Å². The molecule has 0 fully saturated rings. The van der Waals surface area contributed by atoms with Crippen molar-refractivity contribution in [2.75, 3.05) is 0 Å². The smallest absolute Gasteiger partial charge is 0.200 e. The Morgan fingerprint density at radius 1 is 1.27 bits per heavy atom. The summed E-state index contributed by atoms with van der Waals surface area (Å²) < 4.78 is 23.6. The van der Waals surface area contributed by atoms with Crippen LogP contribution >= 0.6 is 0 Å².